The van der Waals surface area contributed by atoms with E-state index in [1.165, 1.54) is 12.1 Å². The lowest BCUT2D eigenvalue weighted by molar-refractivity contribution is 0.0693. The summed E-state index contributed by atoms with van der Waals surface area (Å²) in [5.41, 5.74) is 0.665. The number of carboxylic acids is 1. The highest BCUT2D eigenvalue weighted by atomic mass is 19.1. The van der Waals surface area contributed by atoms with Crippen LogP contribution in [0.2, 0.25) is 0 Å². The van der Waals surface area contributed by atoms with E-state index in [0.29, 0.717) is 5.56 Å². The van der Waals surface area contributed by atoms with E-state index in [9.17, 15) is 14.0 Å². The van der Waals surface area contributed by atoms with Crippen LogP contribution in [0, 0.1) is 12.7 Å². The molecule has 4 nitrogen and oxygen atoms in total. The van der Waals surface area contributed by atoms with Crippen LogP contribution < -0.4 is 5.32 Å². The van der Waals surface area contributed by atoms with Gasteiger partial charge in [-0.1, -0.05) is 23.8 Å². The molecule has 2 aromatic rings. The van der Waals surface area contributed by atoms with Crippen LogP contribution in [0.4, 0.5) is 10.1 Å². The van der Waals surface area contributed by atoms with Crippen molar-refractivity contribution < 1.29 is 19.1 Å². The molecular formula is C15H12FNO3. The van der Waals surface area contributed by atoms with Gasteiger partial charge in [-0.25, -0.2) is 9.18 Å². The zero-order valence-electron chi connectivity index (χ0n) is 10.7. The number of amides is 1. The fourth-order valence-corrected chi connectivity index (χ4v) is 1.83. The van der Waals surface area contributed by atoms with Gasteiger partial charge in [0.05, 0.1) is 5.69 Å². The molecule has 0 atom stereocenters. The maximum absolute atomic E-state index is 13.5. The average Bonchev–Trinajstić information content (AvgIpc) is 2.38. The summed E-state index contributed by atoms with van der Waals surface area (Å²) in [7, 11) is 0. The van der Waals surface area contributed by atoms with Gasteiger partial charge in [0.25, 0.3) is 5.91 Å². The maximum atomic E-state index is 13.5. The van der Waals surface area contributed by atoms with E-state index >= 15 is 0 Å². The molecule has 5 heteroatoms. The lowest BCUT2D eigenvalue weighted by Gasteiger charge is -2.09. The van der Waals surface area contributed by atoms with Crippen molar-refractivity contribution >= 4 is 17.6 Å². The van der Waals surface area contributed by atoms with E-state index < -0.39 is 23.3 Å². The van der Waals surface area contributed by atoms with Crippen molar-refractivity contribution in [3.05, 3.63) is 65.0 Å². The Morgan fingerprint density at radius 3 is 2.50 bits per heavy atom. The Labute approximate surface area is 114 Å². The van der Waals surface area contributed by atoms with Gasteiger partial charge in [0.1, 0.15) is 11.4 Å². The second-order valence-corrected chi connectivity index (χ2v) is 4.29. The predicted octanol–water partition coefficient (Wildman–Crippen LogP) is 3.08. The van der Waals surface area contributed by atoms with Gasteiger partial charge in [-0.2, -0.15) is 0 Å². The lowest BCUT2D eigenvalue weighted by Crippen LogP contribution is -2.15. The van der Waals surface area contributed by atoms with E-state index in [4.69, 9.17) is 5.11 Å². The molecule has 102 valence electrons. The van der Waals surface area contributed by atoms with Gasteiger partial charge in [-0.15, -0.1) is 0 Å². The van der Waals surface area contributed by atoms with Crippen LogP contribution in [-0.4, -0.2) is 17.0 Å². The highest BCUT2D eigenvalue weighted by Crippen LogP contribution is 2.20. The molecule has 0 aliphatic heterocycles. The molecular weight excluding hydrogens is 261 g/mol. The largest absolute Gasteiger partial charge is 0.478 e. The minimum Gasteiger partial charge on any atom is -0.478 e. The number of carbonyl (C=O) groups excluding carboxylic acids is 1. The summed E-state index contributed by atoms with van der Waals surface area (Å²) in [5, 5.41) is 11.4. The number of benzene rings is 2. The third-order valence-corrected chi connectivity index (χ3v) is 2.76. The van der Waals surface area contributed by atoms with E-state index in [1.807, 2.05) is 13.0 Å². The zero-order valence-corrected chi connectivity index (χ0v) is 10.7. The van der Waals surface area contributed by atoms with Crippen molar-refractivity contribution in [2.45, 2.75) is 6.92 Å². The van der Waals surface area contributed by atoms with Crippen LogP contribution in [0.1, 0.15) is 26.3 Å². The second kappa shape index (κ2) is 5.52. The van der Waals surface area contributed by atoms with Gasteiger partial charge in [-0.3, -0.25) is 4.79 Å². The smallest absolute Gasteiger partial charge is 0.340 e. The highest BCUT2D eigenvalue weighted by molar-refractivity contribution is 6.07. The summed E-state index contributed by atoms with van der Waals surface area (Å²) >= 11 is 0. The normalized spacial score (nSPS) is 10.1. The molecule has 0 aliphatic rings. The fourth-order valence-electron chi connectivity index (χ4n) is 1.83. The summed E-state index contributed by atoms with van der Waals surface area (Å²) in [6.07, 6.45) is 0. The maximum Gasteiger partial charge on any atom is 0.340 e. The number of rotatable bonds is 3. The number of aromatic carboxylic acids is 1. The van der Waals surface area contributed by atoms with Gasteiger partial charge in [0.2, 0.25) is 0 Å². The van der Waals surface area contributed by atoms with Crippen molar-refractivity contribution in [2.24, 2.45) is 0 Å². The van der Waals surface area contributed by atoms with E-state index in [0.717, 1.165) is 11.6 Å². The molecule has 0 unspecified atom stereocenters. The molecule has 0 saturated heterocycles. The van der Waals surface area contributed by atoms with E-state index in [2.05, 4.69) is 5.32 Å². The molecule has 20 heavy (non-hydrogen) atoms. The van der Waals surface area contributed by atoms with Crippen molar-refractivity contribution in [1.29, 1.82) is 0 Å². The number of nitrogens with one attached hydrogen (secondary N) is 1. The summed E-state index contributed by atoms with van der Waals surface area (Å²) in [6, 6.07) is 10.5. The minimum atomic E-state index is -1.43. The number of halogens is 1. The zero-order chi connectivity index (χ0) is 14.7. The van der Waals surface area contributed by atoms with Crippen molar-refractivity contribution in [3.8, 4) is 0 Å². The molecule has 2 rings (SSSR count). The van der Waals surface area contributed by atoms with Gasteiger partial charge in [-0.05, 0) is 31.2 Å². The van der Waals surface area contributed by atoms with Gasteiger partial charge in [0, 0.05) is 5.56 Å². The number of anilines is 1. The third-order valence-electron chi connectivity index (χ3n) is 2.76. The first kappa shape index (κ1) is 13.7. The van der Waals surface area contributed by atoms with E-state index in [1.54, 1.807) is 18.2 Å². The van der Waals surface area contributed by atoms with Crippen LogP contribution in [-0.2, 0) is 0 Å². The molecule has 2 N–H and O–H groups in total. The first-order valence-corrected chi connectivity index (χ1v) is 5.89. The Balaban J connectivity index is 2.33. The second-order valence-electron chi connectivity index (χ2n) is 4.29. The summed E-state index contributed by atoms with van der Waals surface area (Å²) in [4.78, 5) is 23.0. The molecule has 0 radical (unpaired) electrons. The number of hydrogen-bond acceptors (Lipinski definition) is 2. The molecule has 0 spiro atoms. The fraction of sp³-hybridized carbons (Fsp3) is 0.0667. The summed E-state index contributed by atoms with van der Waals surface area (Å²) in [6.45, 7) is 1.83. The quantitative estimate of drug-likeness (QED) is 0.903. The average molecular weight is 273 g/mol. The number of carbonyl (C=O) groups is 2. The topological polar surface area (TPSA) is 66.4 Å². The van der Waals surface area contributed by atoms with Crippen LogP contribution in [0.5, 0.6) is 0 Å². The molecule has 0 fully saturated rings. The molecule has 0 bridgehead atoms. The van der Waals surface area contributed by atoms with Crippen LogP contribution in [0.15, 0.2) is 42.5 Å². The van der Waals surface area contributed by atoms with Gasteiger partial charge >= 0.3 is 5.97 Å². The monoisotopic (exact) mass is 273 g/mol. The summed E-state index contributed by atoms with van der Waals surface area (Å²) < 4.78 is 13.5. The van der Waals surface area contributed by atoms with Crippen LogP contribution >= 0.6 is 0 Å². The number of hydrogen-bond donors (Lipinski definition) is 2. The number of carboxylic acid groups (broad SMARTS) is 1. The molecule has 2 aromatic carbocycles. The Kier molecular flexibility index (Phi) is 3.79. The molecule has 0 aliphatic carbocycles. The molecule has 1 amide bonds. The highest BCUT2D eigenvalue weighted by Gasteiger charge is 2.17. The summed E-state index contributed by atoms with van der Waals surface area (Å²) in [5.74, 6) is -2.80. The molecule has 0 aromatic heterocycles. The molecule has 0 saturated carbocycles. The van der Waals surface area contributed by atoms with Crippen molar-refractivity contribution in [2.75, 3.05) is 5.32 Å². The van der Waals surface area contributed by atoms with Gasteiger partial charge < -0.3 is 10.4 Å². The van der Waals surface area contributed by atoms with E-state index in [-0.39, 0.29) is 5.69 Å². The Morgan fingerprint density at radius 1 is 1.15 bits per heavy atom. The SMILES string of the molecule is Cc1cccc(C(=O)Nc2cccc(F)c2C(=O)O)c1. The Morgan fingerprint density at radius 2 is 1.85 bits per heavy atom. The van der Waals surface area contributed by atoms with Crippen molar-refractivity contribution in [3.63, 3.8) is 0 Å². The third kappa shape index (κ3) is 2.83. The molecule has 0 heterocycles. The lowest BCUT2D eigenvalue weighted by atomic mass is 10.1. The predicted molar refractivity (Wildman–Crippen MR) is 72.5 cm³/mol. The first-order chi connectivity index (χ1) is 9.49. The standard InChI is InChI=1S/C15H12FNO3/c1-9-4-2-5-10(8-9)14(18)17-12-7-3-6-11(16)13(12)15(19)20/h2-8H,1H3,(H,17,18)(H,19,20). The first-order valence-electron chi connectivity index (χ1n) is 5.89. The Bertz CT molecular complexity index is 683. The van der Waals surface area contributed by atoms with Crippen LogP contribution in [0.3, 0.4) is 0 Å². The minimum absolute atomic E-state index is 0.0657. The van der Waals surface area contributed by atoms with Gasteiger partial charge in [0.15, 0.2) is 0 Å². The van der Waals surface area contributed by atoms with Crippen molar-refractivity contribution in [1.82, 2.24) is 0 Å². The Hall–Kier alpha value is -2.69. The number of aryl methyl sites for hydroxylation is 1. The van der Waals surface area contributed by atoms with Crippen LogP contribution in [0.25, 0.3) is 0 Å².